The predicted molar refractivity (Wildman–Crippen MR) is 285 cm³/mol. The van der Waals surface area contributed by atoms with Gasteiger partial charge in [-0.25, -0.2) is 0 Å². The Labute approximate surface area is 441 Å². The molecule has 3 heterocycles. The summed E-state index contributed by atoms with van der Waals surface area (Å²) >= 11 is 0. The molecular weight excluding hydrogens is 957 g/mol. The Kier molecular flexibility index (Phi) is 21.6. The molecule has 0 bridgehead atoms. The maximum atomic E-state index is 14.1. The van der Waals surface area contributed by atoms with Gasteiger partial charge in [-0.1, -0.05) is 169 Å². The summed E-state index contributed by atoms with van der Waals surface area (Å²) in [5, 5.41) is 0. The number of unbranched alkanes of at least 4 members (excludes halogenated alkanes) is 1. The molecule has 0 N–H and O–H groups in total. The van der Waals surface area contributed by atoms with Crippen LogP contribution in [0.3, 0.4) is 0 Å². The van der Waals surface area contributed by atoms with E-state index in [0.29, 0.717) is 36.3 Å². The molecule has 0 saturated carbocycles. The summed E-state index contributed by atoms with van der Waals surface area (Å²) in [6, 6.07) is 39.6. The van der Waals surface area contributed by atoms with Crippen molar-refractivity contribution >= 4 is 14.3 Å². The molecule has 3 fully saturated rings. The highest BCUT2D eigenvalue weighted by Crippen LogP contribution is 2.44. The van der Waals surface area contributed by atoms with Crippen molar-refractivity contribution < 1.29 is 61.3 Å². The normalized spacial score (nSPS) is 26.5. The number of esters is 1. The van der Waals surface area contributed by atoms with Gasteiger partial charge < -0.3 is 56.5 Å². The number of carbonyl (C=O) groups is 1. The Morgan fingerprint density at radius 1 is 0.649 bits per heavy atom. The fourth-order valence-electron chi connectivity index (χ4n) is 10.4. The SMILES string of the molecule is C=CCCCO[C@H]1O[C@H](COCc2ccccc2)[C@@H](O[C@@H]2O[C@@H]3CO[C@@H](c4ccccc4)O[C@H]3[C@H](OCO[Si](C(C)C)(C(C)C)C(C)C)[C@@H]2OCc2ccccc2)[C@H](OCc2ccccc2)[C@@H]1OC(=O)C(C)(C)C. The van der Waals surface area contributed by atoms with Crippen LogP contribution in [-0.2, 0) is 81.1 Å². The van der Waals surface area contributed by atoms with Gasteiger partial charge in [0.05, 0.1) is 45.1 Å². The number of hydrogen-bond donors (Lipinski definition) is 0. The second-order valence-corrected chi connectivity index (χ2v) is 27.0. The van der Waals surface area contributed by atoms with Crippen molar-refractivity contribution in [1.82, 2.24) is 0 Å². The molecule has 0 unspecified atom stereocenters. The van der Waals surface area contributed by atoms with Gasteiger partial charge in [0.15, 0.2) is 25.0 Å². The van der Waals surface area contributed by atoms with Gasteiger partial charge in [0.1, 0.15) is 49.5 Å². The Hall–Kier alpha value is -4.13. The average Bonchev–Trinajstić information content (AvgIpc) is 3.39. The van der Waals surface area contributed by atoms with Gasteiger partial charge in [-0.3, -0.25) is 4.79 Å². The first-order chi connectivity index (χ1) is 35.7. The minimum atomic E-state index is -2.41. The Balaban J connectivity index is 1.31. The van der Waals surface area contributed by atoms with E-state index in [1.807, 2.05) is 148 Å². The number of benzene rings is 4. The van der Waals surface area contributed by atoms with Gasteiger partial charge in [-0.15, -0.1) is 6.58 Å². The summed E-state index contributed by atoms with van der Waals surface area (Å²) in [6.07, 6.45) is -6.70. The highest BCUT2D eigenvalue weighted by atomic mass is 28.4. The molecule has 7 rings (SSSR count). The molecule has 0 radical (unpaired) electrons. The fraction of sp³-hybridized carbons (Fsp3) is 0.550. The highest BCUT2D eigenvalue weighted by Gasteiger charge is 2.57. The van der Waals surface area contributed by atoms with Gasteiger partial charge in [0, 0.05) is 5.56 Å². The summed E-state index contributed by atoms with van der Waals surface area (Å²) in [4.78, 5) is 14.1. The molecule has 3 saturated heterocycles. The van der Waals surface area contributed by atoms with E-state index in [2.05, 4.69) is 48.1 Å². The molecule has 3 aliphatic heterocycles. The summed E-state index contributed by atoms with van der Waals surface area (Å²) < 4.78 is 82.6. The third-order valence-corrected chi connectivity index (χ3v) is 20.2. The molecule has 4 aromatic carbocycles. The first kappa shape index (κ1) is 57.6. The largest absolute Gasteiger partial charge is 0.454 e. The maximum absolute atomic E-state index is 14.1. The summed E-state index contributed by atoms with van der Waals surface area (Å²) in [7, 11) is -2.41. The van der Waals surface area contributed by atoms with Crippen LogP contribution in [0, 0.1) is 5.41 Å². The van der Waals surface area contributed by atoms with E-state index in [0.717, 1.165) is 28.7 Å². The lowest BCUT2D eigenvalue weighted by Gasteiger charge is -2.51. The van der Waals surface area contributed by atoms with Crippen LogP contribution in [0.25, 0.3) is 0 Å². The molecule has 13 nitrogen and oxygen atoms in total. The van der Waals surface area contributed by atoms with Crippen molar-refractivity contribution in [3.05, 3.63) is 156 Å². The van der Waals surface area contributed by atoms with Crippen molar-refractivity contribution in [2.75, 3.05) is 26.6 Å². The Morgan fingerprint density at radius 2 is 1.20 bits per heavy atom. The third-order valence-electron chi connectivity index (χ3n) is 14.2. The summed E-state index contributed by atoms with van der Waals surface area (Å²) in [5.41, 5.74) is 3.74. The average molecular weight is 1040 g/mol. The number of allylic oxidation sites excluding steroid dienone is 1. The zero-order valence-corrected chi connectivity index (χ0v) is 46.1. The van der Waals surface area contributed by atoms with Crippen LogP contribution in [0.2, 0.25) is 16.6 Å². The van der Waals surface area contributed by atoms with E-state index < -0.39 is 87.4 Å². The van der Waals surface area contributed by atoms with Gasteiger partial charge in [-0.2, -0.15) is 0 Å². The van der Waals surface area contributed by atoms with Gasteiger partial charge in [0.25, 0.3) is 0 Å². The van der Waals surface area contributed by atoms with E-state index in [-0.39, 0.29) is 33.2 Å². The number of hydrogen-bond acceptors (Lipinski definition) is 13. The van der Waals surface area contributed by atoms with Crippen LogP contribution in [0.15, 0.2) is 134 Å². The Bertz CT molecular complexity index is 2220. The van der Waals surface area contributed by atoms with Crippen molar-refractivity contribution in [2.24, 2.45) is 5.41 Å². The first-order valence-electron chi connectivity index (χ1n) is 26.6. The Morgan fingerprint density at radius 3 is 1.76 bits per heavy atom. The highest BCUT2D eigenvalue weighted by molar-refractivity contribution is 6.77. The van der Waals surface area contributed by atoms with E-state index in [9.17, 15) is 4.79 Å². The molecule has 0 spiro atoms. The van der Waals surface area contributed by atoms with Crippen molar-refractivity contribution in [3.8, 4) is 0 Å². The molecule has 0 aromatic heterocycles. The zero-order valence-electron chi connectivity index (χ0n) is 45.1. The van der Waals surface area contributed by atoms with E-state index in [4.69, 9.17) is 56.5 Å². The minimum absolute atomic E-state index is 0.00616. The lowest BCUT2D eigenvalue weighted by atomic mass is 9.94. The molecular formula is C60H82O13Si. The molecule has 404 valence electrons. The van der Waals surface area contributed by atoms with Crippen molar-refractivity contribution in [3.63, 3.8) is 0 Å². The zero-order chi connectivity index (χ0) is 52.7. The van der Waals surface area contributed by atoms with Gasteiger partial charge >= 0.3 is 5.97 Å². The molecule has 3 aliphatic rings. The number of carbonyl (C=O) groups excluding carboxylic acids is 1. The predicted octanol–water partition coefficient (Wildman–Crippen LogP) is 11.8. The van der Waals surface area contributed by atoms with Gasteiger partial charge in [0.2, 0.25) is 8.32 Å². The van der Waals surface area contributed by atoms with Crippen molar-refractivity contribution in [2.45, 2.75) is 179 Å². The topological polar surface area (TPSA) is 128 Å². The van der Waals surface area contributed by atoms with Crippen LogP contribution in [-0.4, -0.2) is 102 Å². The standard InChI is InChI=1S/C60H82O13Si/c1-11-12-25-34-63-57-55(73-59(61)60(8,9)10)53(64-36-45-28-19-14-20-29-45)50(48(69-57)38-62-35-44-26-17-13-18-27-44)72-58-54(65-37-46-30-21-15-22-31-46)52(67-40-68-74(41(2)3,42(4)5)43(6)7)51-49(70-58)39-66-56(71-51)47-32-23-16-24-33-47/h11,13-24,26-33,41-43,48-58H,1,12,25,34-40H2,2-10H3/t48-,49-,50-,51-,52+,53+,54+,55+,56-,57+,58+/m1/s1. The number of rotatable bonds is 26. The van der Waals surface area contributed by atoms with Crippen LogP contribution in [0.4, 0.5) is 0 Å². The van der Waals surface area contributed by atoms with Crippen molar-refractivity contribution in [1.29, 1.82) is 0 Å². The summed E-state index contributed by atoms with van der Waals surface area (Å²) in [6.45, 7) is 24.0. The molecule has 74 heavy (non-hydrogen) atoms. The molecule has 4 aromatic rings. The lowest BCUT2D eigenvalue weighted by Crippen LogP contribution is -2.67. The summed E-state index contributed by atoms with van der Waals surface area (Å²) in [5.74, 6) is -0.459. The monoisotopic (exact) mass is 1040 g/mol. The first-order valence-corrected chi connectivity index (χ1v) is 28.7. The van der Waals surface area contributed by atoms with Gasteiger partial charge in [-0.05, 0) is 66.9 Å². The van der Waals surface area contributed by atoms with Crippen LogP contribution in [0.1, 0.15) is 104 Å². The fourth-order valence-corrected chi connectivity index (χ4v) is 15.7. The number of fused-ring (bicyclic) bond motifs is 1. The van der Waals surface area contributed by atoms with Crippen LogP contribution < -0.4 is 0 Å². The van der Waals surface area contributed by atoms with E-state index >= 15 is 0 Å². The molecule has 0 aliphatic carbocycles. The van der Waals surface area contributed by atoms with E-state index in [1.165, 1.54) is 0 Å². The third kappa shape index (κ3) is 15.1. The van der Waals surface area contributed by atoms with Crippen LogP contribution >= 0.6 is 0 Å². The lowest BCUT2D eigenvalue weighted by molar-refractivity contribution is -0.397. The minimum Gasteiger partial charge on any atom is -0.454 e. The maximum Gasteiger partial charge on any atom is 0.311 e. The van der Waals surface area contributed by atoms with E-state index in [1.54, 1.807) is 0 Å². The second-order valence-electron chi connectivity index (χ2n) is 21.5. The van der Waals surface area contributed by atoms with Crippen LogP contribution in [0.5, 0.6) is 0 Å². The molecule has 0 amide bonds. The molecule has 11 atom stereocenters. The quantitative estimate of drug-likeness (QED) is 0.0195. The number of ether oxygens (including phenoxy) is 11. The molecule has 14 heteroatoms. The second kappa shape index (κ2) is 27.8. The smallest absolute Gasteiger partial charge is 0.311 e.